The van der Waals surface area contributed by atoms with Gasteiger partial charge in [-0.15, -0.1) is 0 Å². The first-order valence-electron chi connectivity index (χ1n) is 6.46. The maximum Gasteiger partial charge on any atom is 0.0512 e. The summed E-state index contributed by atoms with van der Waals surface area (Å²) in [7, 11) is 0. The average molecular weight is 230 g/mol. The van der Waals surface area contributed by atoms with Crippen LogP contribution in [0.3, 0.4) is 0 Å². The zero-order valence-corrected chi connectivity index (χ0v) is 11.1. The molecule has 0 fully saturated rings. The van der Waals surface area contributed by atoms with Crippen molar-refractivity contribution in [3.8, 4) is 0 Å². The number of benzene rings is 1. The fraction of sp³-hybridized carbons (Fsp3) is 0.467. The van der Waals surface area contributed by atoms with Gasteiger partial charge in [0, 0.05) is 18.1 Å². The highest BCUT2D eigenvalue weighted by molar-refractivity contribution is 5.87. The van der Waals surface area contributed by atoms with Gasteiger partial charge in [0.1, 0.15) is 0 Å². The number of hydrogen-bond donors (Lipinski definition) is 1. The van der Waals surface area contributed by atoms with Crippen molar-refractivity contribution in [2.75, 3.05) is 6.54 Å². The van der Waals surface area contributed by atoms with Crippen LogP contribution in [-0.4, -0.2) is 11.1 Å². The van der Waals surface area contributed by atoms with Crippen molar-refractivity contribution >= 4 is 10.9 Å². The maximum absolute atomic E-state index is 5.61. The smallest absolute Gasteiger partial charge is 0.0512 e. The Morgan fingerprint density at radius 3 is 2.65 bits per heavy atom. The molecule has 0 spiro atoms. The second kappa shape index (κ2) is 4.92. The first-order chi connectivity index (χ1) is 8.17. The summed E-state index contributed by atoms with van der Waals surface area (Å²) in [5.41, 5.74) is 11.2. The van der Waals surface area contributed by atoms with Crippen LogP contribution in [0.5, 0.6) is 0 Å². The third-order valence-electron chi connectivity index (χ3n) is 3.38. The van der Waals surface area contributed by atoms with E-state index in [-0.39, 0.29) is 0 Å². The predicted molar refractivity (Wildman–Crippen MR) is 74.5 cm³/mol. The van der Waals surface area contributed by atoms with E-state index in [1.165, 1.54) is 27.6 Å². The molecule has 0 saturated carbocycles. The quantitative estimate of drug-likeness (QED) is 0.859. The Kier molecular flexibility index (Phi) is 3.53. The van der Waals surface area contributed by atoms with Gasteiger partial charge in [0.2, 0.25) is 0 Å². The standard InChI is InChI=1S/C15H22N2/c1-4-17-10-13(6-5-7-16)14-9-11(2)8-12(3)15(14)17/h8-10H,4-7,16H2,1-3H3. The van der Waals surface area contributed by atoms with Gasteiger partial charge in [-0.05, 0) is 57.4 Å². The van der Waals surface area contributed by atoms with E-state index >= 15 is 0 Å². The molecule has 0 aliphatic carbocycles. The summed E-state index contributed by atoms with van der Waals surface area (Å²) >= 11 is 0. The Balaban J connectivity index is 2.60. The van der Waals surface area contributed by atoms with Crippen LogP contribution in [0.2, 0.25) is 0 Å². The summed E-state index contributed by atoms with van der Waals surface area (Å²) in [6.07, 6.45) is 4.45. The Labute approximate surface area is 103 Å². The second-order valence-electron chi connectivity index (χ2n) is 4.81. The van der Waals surface area contributed by atoms with Crippen molar-refractivity contribution in [3.05, 3.63) is 35.0 Å². The molecule has 0 saturated heterocycles. The normalized spacial score (nSPS) is 11.3. The molecule has 0 bridgehead atoms. The Bertz CT molecular complexity index is 523. The van der Waals surface area contributed by atoms with Crippen LogP contribution in [0, 0.1) is 13.8 Å². The lowest BCUT2D eigenvalue weighted by Crippen LogP contribution is -2.00. The minimum atomic E-state index is 0.767. The molecule has 92 valence electrons. The van der Waals surface area contributed by atoms with E-state index in [1.54, 1.807) is 0 Å². The Morgan fingerprint density at radius 2 is 2.00 bits per heavy atom. The van der Waals surface area contributed by atoms with Crippen molar-refractivity contribution in [3.63, 3.8) is 0 Å². The summed E-state index contributed by atoms with van der Waals surface area (Å²) in [6.45, 7) is 8.37. The zero-order chi connectivity index (χ0) is 12.4. The molecule has 0 radical (unpaired) electrons. The summed E-state index contributed by atoms with van der Waals surface area (Å²) in [6, 6.07) is 4.57. The van der Waals surface area contributed by atoms with Crippen molar-refractivity contribution < 1.29 is 0 Å². The van der Waals surface area contributed by atoms with Gasteiger partial charge in [0.25, 0.3) is 0 Å². The largest absolute Gasteiger partial charge is 0.347 e. The van der Waals surface area contributed by atoms with Gasteiger partial charge in [0.05, 0.1) is 5.52 Å². The molecule has 0 atom stereocenters. The highest BCUT2D eigenvalue weighted by atomic mass is 14.9. The van der Waals surface area contributed by atoms with E-state index in [2.05, 4.69) is 43.7 Å². The van der Waals surface area contributed by atoms with Crippen molar-refractivity contribution in [1.29, 1.82) is 0 Å². The number of nitrogens with zero attached hydrogens (tertiary/aromatic N) is 1. The Hall–Kier alpha value is -1.28. The van der Waals surface area contributed by atoms with E-state index in [4.69, 9.17) is 5.73 Å². The fourth-order valence-corrected chi connectivity index (χ4v) is 2.65. The van der Waals surface area contributed by atoms with Crippen molar-refractivity contribution in [2.45, 2.75) is 40.2 Å². The Morgan fingerprint density at radius 1 is 1.24 bits per heavy atom. The van der Waals surface area contributed by atoms with Crippen LogP contribution in [0.25, 0.3) is 10.9 Å². The molecule has 0 aliphatic rings. The molecule has 0 amide bonds. The van der Waals surface area contributed by atoms with Crippen LogP contribution in [0.1, 0.15) is 30.0 Å². The molecule has 1 aromatic heterocycles. The molecular formula is C15H22N2. The molecule has 2 heteroatoms. The molecule has 1 aromatic carbocycles. The SMILES string of the molecule is CCn1cc(CCCN)c2cc(C)cc(C)c21. The topological polar surface area (TPSA) is 30.9 Å². The van der Waals surface area contributed by atoms with Crippen molar-refractivity contribution in [1.82, 2.24) is 4.57 Å². The van der Waals surface area contributed by atoms with Gasteiger partial charge in [-0.3, -0.25) is 0 Å². The lowest BCUT2D eigenvalue weighted by Gasteiger charge is -2.05. The number of rotatable bonds is 4. The van der Waals surface area contributed by atoms with Crippen LogP contribution < -0.4 is 5.73 Å². The number of nitrogens with two attached hydrogens (primary N) is 1. The lowest BCUT2D eigenvalue weighted by molar-refractivity contribution is 0.780. The van der Waals surface area contributed by atoms with Gasteiger partial charge in [-0.2, -0.15) is 0 Å². The summed E-state index contributed by atoms with van der Waals surface area (Å²) < 4.78 is 2.36. The third-order valence-corrected chi connectivity index (χ3v) is 3.38. The van der Waals surface area contributed by atoms with E-state index in [9.17, 15) is 0 Å². The molecule has 2 N–H and O–H groups in total. The molecular weight excluding hydrogens is 208 g/mol. The van der Waals surface area contributed by atoms with E-state index in [1.807, 2.05) is 0 Å². The molecule has 1 heterocycles. The molecule has 2 nitrogen and oxygen atoms in total. The highest BCUT2D eigenvalue weighted by Gasteiger charge is 2.10. The van der Waals surface area contributed by atoms with Crippen LogP contribution in [0.15, 0.2) is 18.3 Å². The summed E-state index contributed by atoms with van der Waals surface area (Å²) in [4.78, 5) is 0. The number of hydrogen-bond acceptors (Lipinski definition) is 1. The molecule has 2 aromatic rings. The van der Waals surface area contributed by atoms with Crippen LogP contribution >= 0.6 is 0 Å². The molecule has 0 unspecified atom stereocenters. The third kappa shape index (κ3) is 2.22. The monoisotopic (exact) mass is 230 g/mol. The first-order valence-corrected chi connectivity index (χ1v) is 6.46. The van der Waals surface area contributed by atoms with Crippen LogP contribution in [-0.2, 0) is 13.0 Å². The zero-order valence-electron chi connectivity index (χ0n) is 11.1. The maximum atomic E-state index is 5.61. The van der Waals surface area contributed by atoms with Gasteiger partial charge in [-0.1, -0.05) is 11.6 Å². The molecule has 2 rings (SSSR count). The number of aryl methyl sites for hydroxylation is 4. The van der Waals surface area contributed by atoms with Gasteiger partial charge in [0.15, 0.2) is 0 Å². The number of aromatic nitrogens is 1. The van der Waals surface area contributed by atoms with E-state index in [0.717, 1.165) is 25.9 Å². The van der Waals surface area contributed by atoms with Gasteiger partial charge < -0.3 is 10.3 Å². The summed E-state index contributed by atoms with van der Waals surface area (Å²) in [5, 5.41) is 1.41. The van der Waals surface area contributed by atoms with E-state index < -0.39 is 0 Å². The fourth-order valence-electron chi connectivity index (χ4n) is 2.65. The van der Waals surface area contributed by atoms with Gasteiger partial charge >= 0.3 is 0 Å². The summed E-state index contributed by atoms with van der Waals surface area (Å²) in [5.74, 6) is 0. The highest BCUT2D eigenvalue weighted by Crippen LogP contribution is 2.27. The number of fused-ring (bicyclic) bond motifs is 1. The second-order valence-corrected chi connectivity index (χ2v) is 4.81. The molecule has 0 aliphatic heterocycles. The lowest BCUT2D eigenvalue weighted by atomic mass is 10.0. The molecule has 17 heavy (non-hydrogen) atoms. The minimum absolute atomic E-state index is 0.767. The minimum Gasteiger partial charge on any atom is -0.347 e. The predicted octanol–water partition coefficient (Wildman–Crippen LogP) is 3.17. The van der Waals surface area contributed by atoms with E-state index in [0.29, 0.717) is 0 Å². The van der Waals surface area contributed by atoms with Crippen LogP contribution in [0.4, 0.5) is 0 Å². The average Bonchev–Trinajstić information content (AvgIpc) is 2.64. The first kappa shape index (κ1) is 12.2. The van der Waals surface area contributed by atoms with Crippen molar-refractivity contribution in [2.24, 2.45) is 5.73 Å². The van der Waals surface area contributed by atoms with Gasteiger partial charge in [-0.25, -0.2) is 0 Å².